The summed E-state index contributed by atoms with van der Waals surface area (Å²) in [6.07, 6.45) is 4.76. The van der Waals surface area contributed by atoms with Crippen LogP contribution in [0.4, 0.5) is 4.79 Å². The maximum atomic E-state index is 11.1. The van der Waals surface area contributed by atoms with Crippen molar-refractivity contribution in [2.24, 2.45) is 0 Å². The molecule has 4 heteroatoms. The van der Waals surface area contributed by atoms with E-state index in [1.165, 1.54) is 19.3 Å². The number of nitrogens with zero attached hydrogens (tertiary/aromatic N) is 1. The quantitative estimate of drug-likeness (QED) is 0.676. The Labute approximate surface area is 79.6 Å². The van der Waals surface area contributed by atoms with Gasteiger partial charge in [-0.3, -0.25) is 5.43 Å². The highest BCUT2D eigenvalue weighted by Crippen LogP contribution is 2.16. The van der Waals surface area contributed by atoms with Gasteiger partial charge in [0.25, 0.3) is 0 Å². The van der Waals surface area contributed by atoms with Gasteiger partial charge in [0, 0.05) is 19.6 Å². The van der Waals surface area contributed by atoms with Crippen LogP contribution in [0.3, 0.4) is 0 Å². The van der Waals surface area contributed by atoms with Gasteiger partial charge in [-0.15, -0.1) is 0 Å². The molecule has 13 heavy (non-hydrogen) atoms. The Morgan fingerprint density at radius 2 is 2.31 bits per heavy atom. The molecule has 1 fully saturated rings. The molecule has 0 aromatic heterocycles. The molecule has 1 atom stereocenters. The Morgan fingerprint density at radius 3 is 2.92 bits per heavy atom. The van der Waals surface area contributed by atoms with Crippen LogP contribution in [0.25, 0.3) is 0 Å². The fraction of sp³-hybridized carbons (Fsp3) is 0.889. The number of carbonyl (C=O) groups is 1. The van der Waals surface area contributed by atoms with Crippen molar-refractivity contribution in [1.82, 2.24) is 15.8 Å². The number of hydrogen-bond acceptors (Lipinski definition) is 2. The normalized spacial score (nSPS) is 24.0. The second-order valence-corrected chi connectivity index (χ2v) is 3.44. The summed E-state index contributed by atoms with van der Waals surface area (Å²) in [5, 5.41) is 4.62. The summed E-state index contributed by atoms with van der Waals surface area (Å²) < 4.78 is 0. The van der Waals surface area contributed by atoms with E-state index in [0.29, 0.717) is 6.04 Å². The summed E-state index contributed by atoms with van der Waals surface area (Å²) in [7, 11) is 1.64. The van der Waals surface area contributed by atoms with Gasteiger partial charge in [0.2, 0.25) is 0 Å². The van der Waals surface area contributed by atoms with Gasteiger partial charge in [0.15, 0.2) is 0 Å². The summed E-state index contributed by atoms with van der Waals surface area (Å²) >= 11 is 0. The number of rotatable bonds is 2. The largest absolute Gasteiger partial charge is 0.340 e. The highest BCUT2D eigenvalue weighted by Gasteiger charge is 2.21. The van der Waals surface area contributed by atoms with Crippen molar-refractivity contribution >= 4 is 6.03 Å². The molecule has 0 radical (unpaired) electrons. The van der Waals surface area contributed by atoms with E-state index in [9.17, 15) is 4.79 Å². The van der Waals surface area contributed by atoms with Crippen LogP contribution in [0, 0.1) is 0 Å². The van der Waals surface area contributed by atoms with E-state index < -0.39 is 0 Å². The van der Waals surface area contributed by atoms with Crippen molar-refractivity contribution in [2.45, 2.75) is 38.6 Å². The van der Waals surface area contributed by atoms with E-state index in [1.807, 2.05) is 0 Å². The van der Waals surface area contributed by atoms with Crippen LogP contribution in [-0.4, -0.2) is 30.7 Å². The number of nitrogens with one attached hydrogen (secondary N) is 2. The van der Waals surface area contributed by atoms with Crippen LogP contribution in [0.1, 0.15) is 32.6 Å². The molecule has 1 saturated heterocycles. The molecule has 4 nitrogen and oxygen atoms in total. The highest BCUT2D eigenvalue weighted by molar-refractivity contribution is 5.72. The molecule has 1 rings (SSSR count). The number of piperidine rings is 1. The molecular weight excluding hydrogens is 166 g/mol. The topological polar surface area (TPSA) is 44.4 Å². The van der Waals surface area contributed by atoms with E-state index >= 15 is 0 Å². The summed E-state index contributed by atoms with van der Waals surface area (Å²) in [5.74, 6) is 0. The minimum absolute atomic E-state index is 0.111. The molecule has 0 aliphatic carbocycles. The zero-order valence-electron chi connectivity index (χ0n) is 8.47. The lowest BCUT2D eigenvalue weighted by Gasteiger charge is -2.34. The predicted octanol–water partition coefficient (Wildman–Crippen LogP) is 1.09. The van der Waals surface area contributed by atoms with Crippen molar-refractivity contribution < 1.29 is 4.79 Å². The lowest BCUT2D eigenvalue weighted by atomic mass is 10.0. The third-order valence-electron chi connectivity index (χ3n) is 2.57. The summed E-state index contributed by atoms with van der Waals surface area (Å²) in [5.41, 5.74) is 2.85. The number of hydrazine groups is 1. The second kappa shape index (κ2) is 5.07. The fourth-order valence-corrected chi connectivity index (χ4v) is 1.76. The summed E-state index contributed by atoms with van der Waals surface area (Å²) in [6.45, 7) is 3.14. The molecule has 0 aromatic carbocycles. The molecular formula is C9H19N3O. The maximum Gasteiger partial charge on any atom is 0.329 e. The average Bonchev–Trinajstić information content (AvgIpc) is 2.18. The Hall–Kier alpha value is -0.770. The first-order chi connectivity index (χ1) is 6.27. The minimum Gasteiger partial charge on any atom is -0.340 e. The summed E-state index contributed by atoms with van der Waals surface area (Å²) in [4.78, 5) is 11.1. The molecule has 2 N–H and O–H groups in total. The van der Waals surface area contributed by atoms with E-state index in [1.54, 1.807) is 7.05 Å². The van der Waals surface area contributed by atoms with Gasteiger partial charge < -0.3 is 5.32 Å². The van der Waals surface area contributed by atoms with E-state index in [0.717, 1.165) is 13.0 Å². The standard InChI is InChI=1S/C9H19N3O/c1-3-8-6-4-5-7-12(8)11-9(13)10-2/h8H,3-7H2,1-2H3,(H2,10,11,13). The molecule has 76 valence electrons. The maximum absolute atomic E-state index is 11.1. The number of urea groups is 1. The number of hydrogen-bond donors (Lipinski definition) is 2. The lowest BCUT2D eigenvalue weighted by Crippen LogP contribution is -2.53. The first kappa shape index (κ1) is 10.3. The van der Waals surface area contributed by atoms with Gasteiger partial charge >= 0.3 is 6.03 Å². The zero-order chi connectivity index (χ0) is 9.68. The number of amides is 2. The third-order valence-corrected chi connectivity index (χ3v) is 2.57. The van der Waals surface area contributed by atoms with E-state index in [-0.39, 0.29) is 6.03 Å². The van der Waals surface area contributed by atoms with E-state index in [2.05, 4.69) is 22.7 Å². The molecule has 2 amide bonds. The highest BCUT2D eigenvalue weighted by atomic mass is 16.2. The van der Waals surface area contributed by atoms with Crippen molar-refractivity contribution in [2.75, 3.05) is 13.6 Å². The van der Waals surface area contributed by atoms with Crippen molar-refractivity contribution in [1.29, 1.82) is 0 Å². The lowest BCUT2D eigenvalue weighted by molar-refractivity contribution is 0.0951. The Kier molecular flexibility index (Phi) is 4.02. The Morgan fingerprint density at radius 1 is 1.54 bits per heavy atom. The molecule has 0 saturated carbocycles. The second-order valence-electron chi connectivity index (χ2n) is 3.44. The first-order valence-electron chi connectivity index (χ1n) is 5.03. The van der Waals surface area contributed by atoms with Crippen LogP contribution in [0.15, 0.2) is 0 Å². The SMILES string of the molecule is CCC1CCCCN1NC(=O)NC. The molecule has 0 bridgehead atoms. The van der Waals surface area contributed by atoms with Crippen LogP contribution in [0.5, 0.6) is 0 Å². The smallest absolute Gasteiger partial charge is 0.329 e. The van der Waals surface area contributed by atoms with Gasteiger partial charge in [-0.1, -0.05) is 13.3 Å². The van der Waals surface area contributed by atoms with Crippen LogP contribution < -0.4 is 10.7 Å². The minimum atomic E-state index is -0.111. The molecule has 1 aliphatic rings. The zero-order valence-corrected chi connectivity index (χ0v) is 8.47. The van der Waals surface area contributed by atoms with E-state index in [4.69, 9.17) is 0 Å². The van der Waals surface area contributed by atoms with Crippen molar-refractivity contribution in [3.05, 3.63) is 0 Å². The third kappa shape index (κ3) is 2.88. The van der Waals surface area contributed by atoms with Gasteiger partial charge in [-0.25, -0.2) is 9.80 Å². The molecule has 0 spiro atoms. The first-order valence-corrected chi connectivity index (χ1v) is 5.03. The molecule has 1 heterocycles. The predicted molar refractivity (Wildman–Crippen MR) is 52.2 cm³/mol. The van der Waals surface area contributed by atoms with Crippen LogP contribution in [0.2, 0.25) is 0 Å². The fourth-order valence-electron chi connectivity index (χ4n) is 1.76. The van der Waals surface area contributed by atoms with Crippen molar-refractivity contribution in [3.8, 4) is 0 Å². The van der Waals surface area contributed by atoms with Gasteiger partial charge in [0.05, 0.1) is 0 Å². The van der Waals surface area contributed by atoms with Gasteiger partial charge in [-0.05, 0) is 19.3 Å². The summed E-state index contributed by atoms with van der Waals surface area (Å²) in [6, 6.07) is 0.409. The monoisotopic (exact) mass is 185 g/mol. The van der Waals surface area contributed by atoms with Gasteiger partial charge in [0.1, 0.15) is 0 Å². The van der Waals surface area contributed by atoms with Crippen LogP contribution in [-0.2, 0) is 0 Å². The number of carbonyl (C=O) groups excluding carboxylic acids is 1. The average molecular weight is 185 g/mol. The Balaban J connectivity index is 2.40. The van der Waals surface area contributed by atoms with Gasteiger partial charge in [-0.2, -0.15) is 0 Å². The Bertz CT molecular complexity index is 172. The molecule has 0 aromatic rings. The molecule has 1 aliphatic heterocycles. The molecule has 1 unspecified atom stereocenters. The van der Waals surface area contributed by atoms with Crippen LogP contribution >= 0.6 is 0 Å². The van der Waals surface area contributed by atoms with Crippen molar-refractivity contribution in [3.63, 3.8) is 0 Å².